The maximum Gasteiger partial charge on any atom is 0.270 e. The predicted molar refractivity (Wildman–Crippen MR) is 129 cm³/mol. The van der Waals surface area contributed by atoms with Crippen LogP contribution in [0.4, 0.5) is 0 Å². The van der Waals surface area contributed by atoms with Gasteiger partial charge in [-0.3, -0.25) is 9.59 Å². The molecule has 0 saturated heterocycles. The summed E-state index contributed by atoms with van der Waals surface area (Å²) < 4.78 is 0. The van der Waals surface area contributed by atoms with Crippen LogP contribution in [-0.4, -0.2) is 39.5 Å². The first-order valence-electron chi connectivity index (χ1n) is 11.1. The third kappa shape index (κ3) is 5.04. The van der Waals surface area contributed by atoms with Gasteiger partial charge >= 0.3 is 0 Å². The molecule has 7 heteroatoms. The summed E-state index contributed by atoms with van der Waals surface area (Å²) in [4.78, 5) is 33.7. The number of para-hydroxylation sites is 1. The van der Waals surface area contributed by atoms with Gasteiger partial charge in [-0.15, -0.1) is 0 Å². The van der Waals surface area contributed by atoms with Crippen LogP contribution in [-0.2, 0) is 4.79 Å². The molecule has 0 radical (unpaired) electrons. The van der Waals surface area contributed by atoms with E-state index >= 15 is 0 Å². The summed E-state index contributed by atoms with van der Waals surface area (Å²) in [7, 11) is 0. The topological polar surface area (TPSA) is 107 Å². The van der Waals surface area contributed by atoms with E-state index in [1.54, 1.807) is 12.3 Å². The van der Waals surface area contributed by atoms with Crippen molar-refractivity contribution in [3.8, 4) is 0 Å². The molecule has 0 bridgehead atoms. The van der Waals surface area contributed by atoms with Gasteiger partial charge in [-0.2, -0.15) is 0 Å². The standard InChI is InChI=1S/C26H28N4O3/c1-16(2)12-22(26(33)30-24(15-31)17-8-4-3-5-9-17)29-25(32)21-13-19-18-10-6-7-11-20(18)28-23(19)14-27-21/h3-11,13-14,16,22,24,28,31H,12,15H2,1-2H3,(H,29,32)(H,30,33). The van der Waals surface area contributed by atoms with E-state index in [-0.39, 0.29) is 24.1 Å². The maximum atomic E-state index is 13.1. The van der Waals surface area contributed by atoms with Crippen molar-refractivity contribution in [1.29, 1.82) is 0 Å². The van der Waals surface area contributed by atoms with Crippen LogP contribution >= 0.6 is 0 Å². The molecule has 7 nitrogen and oxygen atoms in total. The van der Waals surface area contributed by atoms with Gasteiger partial charge in [0.15, 0.2) is 0 Å². The molecule has 4 N–H and O–H groups in total. The fraction of sp³-hybridized carbons (Fsp3) is 0.269. The fourth-order valence-electron chi connectivity index (χ4n) is 4.00. The number of fused-ring (bicyclic) bond motifs is 3. The maximum absolute atomic E-state index is 13.1. The second-order valence-corrected chi connectivity index (χ2v) is 8.60. The lowest BCUT2D eigenvalue weighted by Crippen LogP contribution is -2.49. The summed E-state index contributed by atoms with van der Waals surface area (Å²) in [5, 5.41) is 17.4. The number of aromatic nitrogens is 2. The largest absolute Gasteiger partial charge is 0.394 e. The van der Waals surface area contributed by atoms with Crippen LogP contribution in [0.2, 0.25) is 0 Å². The van der Waals surface area contributed by atoms with Crippen LogP contribution in [0.5, 0.6) is 0 Å². The lowest BCUT2D eigenvalue weighted by molar-refractivity contribution is -0.124. The smallest absolute Gasteiger partial charge is 0.270 e. The van der Waals surface area contributed by atoms with E-state index in [9.17, 15) is 14.7 Å². The van der Waals surface area contributed by atoms with Crippen molar-refractivity contribution in [2.75, 3.05) is 6.61 Å². The molecule has 170 valence electrons. The minimum absolute atomic E-state index is 0.175. The second kappa shape index (κ2) is 9.83. The number of aromatic amines is 1. The van der Waals surface area contributed by atoms with Gasteiger partial charge in [0.2, 0.25) is 5.91 Å². The Balaban J connectivity index is 1.54. The van der Waals surface area contributed by atoms with Gasteiger partial charge in [0.25, 0.3) is 5.91 Å². The molecule has 2 aromatic heterocycles. The van der Waals surface area contributed by atoms with E-state index < -0.39 is 18.0 Å². The molecule has 0 aliphatic rings. The number of amides is 2. The first kappa shape index (κ1) is 22.5. The van der Waals surface area contributed by atoms with Gasteiger partial charge < -0.3 is 20.7 Å². The van der Waals surface area contributed by atoms with E-state index in [4.69, 9.17) is 0 Å². The number of carbonyl (C=O) groups excluding carboxylic acids is 2. The van der Waals surface area contributed by atoms with E-state index in [0.29, 0.717) is 6.42 Å². The zero-order chi connectivity index (χ0) is 23.4. The Labute approximate surface area is 192 Å². The number of nitrogens with zero attached hydrogens (tertiary/aromatic N) is 1. The molecule has 2 heterocycles. The Morgan fingerprint density at radius 3 is 2.42 bits per heavy atom. The first-order chi connectivity index (χ1) is 16.0. The summed E-state index contributed by atoms with van der Waals surface area (Å²) in [6.45, 7) is 3.74. The average molecular weight is 445 g/mol. The van der Waals surface area contributed by atoms with Crippen molar-refractivity contribution < 1.29 is 14.7 Å². The Hall–Kier alpha value is -3.71. The minimum atomic E-state index is -0.754. The molecule has 2 atom stereocenters. The highest BCUT2D eigenvalue weighted by Crippen LogP contribution is 2.25. The lowest BCUT2D eigenvalue weighted by atomic mass is 10.0. The van der Waals surface area contributed by atoms with Crippen molar-refractivity contribution in [2.45, 2.75) is 32.4 Å². The Morgan fingerprint density at radius 1 is 0.970 bits per heavy atom. The Bertz CT molecular complexity index is 1270. The molecule has 0 saturated carbocycles. The van der Waals surface area contributed by atoms with E-state index in [1.807, 2.05) is 68.4 Å². The molecule has 2 unspecified atom stereocenters. The van der Waals surface area contributed by atoms with Crippen LogP contribution in [0.3, 0.4) is 0 Å². The van der Waals surface area contributed by atoms with Crippen molar-refractivity contribution in [1.82, 2.24) is 20.6 Å². The molecular formula is C26H28N4O3. The fourth-order valence-corrected chi connectivity index (χ4v) is 4.00. The SMILES string of the molecule is CC(C)CC(NC(=O)c1cc2c(cn1)[nH]c1ccccc12)C(=O)NC(CO)c1ccccc1. The number of benzene rings is 2. The molecule has 0 spiro atoms. The number of aliphatic hydroxyl groups excluding tert-OH is 1. The van der Waals surface area contributed by atoms with E-state index in [1.165, 1.54) is 0 Å². The summed E-state index contributed by atoms with van der Waals surface area (Å²) in [6, 6.07) is 17.6. The molecule has 0 aliphatic carbocycles. The van der Waals surface area contributed by atoms with Crippen LogP contribution in [0.15, 0.2) is 66.9 Å². The van der Waals surface area contributed by atoms with Crippen LogP contribution in [0.25, 0.3) is 21.8 Å². The molecular weight excluding hydrogens is 416 g/mol. The van der Waals surface area contributed by atoms with Crippen LogP contribution in [0, 0.1) is 5.92 Å². The molecule has 4 aromatic rings. The average Bonchev–Trinajstić information content (AvgIpc) is 3.20. The predicted octanol–water partition coefficient (Wildman–Crippen LogP) is 3.71. The van der Waals surface area contributed by atoms with Gasteiger partial charge in [0.1, 0.15) is 11.7 Å². The van der Waals surface area contributed by atoms with Crippen LogP contribution in [0.1, 0.15) is 42.4 Å². The monoisotopic (exact) mass is 444 g/mol. The van der Waals surface area contributed by atoms with E-state index in [2.05, 4.69) is 20.6 Å². The minimum Gasteiger partial charge on any atom is -0.394 e. The summed E-state index contributed by atoms with van der Waals surface area (Å²) >= 11 is 0. The van der Waals surface area contributed by atoms with E-state index in [0.717, 1.165) is 27.4 Å². The zero-order valence-corrected chi connectivity index (χ0v) is 18.7. The zero-order valence-electron chi connectivity index (χ0n) is 18.7. The third-order valence-corrected chi connectivity index (χ3v) is 5.65. The second-order valence-electron chi connectivity index (χ2n) is 8.60. The van der Waals surface area contributed by atoms with Crippen LogP contribution < -0.4 is 10.6 Å². The highest BCUT2D eigenvalue weighted by molar-refractivity contribution is 6.09. The third-order valence-electron chi connectivity index (χ3n) is 5.65. The molecule has 2 amide bonds. The lowest BCUT2D eigenvalue weighted by Gasteiger charge is -2.23. The highest BCUT2D eigenvalue weighted by atomic mass is 16.3. The Kier molecular flexibility index (Phi) is 6.70. The number of rotatable bonds is 8. The van der Waals surface area contributed by atoms with Gasteiger partial charge in [0, 0.05) is 16.3 Å². The molecule has 4 rings (SSSR count). The first-order valence-corrected chi connectivity index (χ1v) is 11.1. The Morgan fingerprint density at radius 2 is 1.70 bits per heavy atom. The normalized spacial score (nSPS) is 13.2. The number of nitrogens with one attached hydrogen (secondary N) is 3. The number of pyridine rings is 1. The number of aliphatic hydroxyl groups is 1. The van der Waals surface area contributed by atoms with Crippen molar-refractivity contribution in [2.24, 2.45) is 5.92 Å². The summed E-state index contributed by atoms with van der Waals surface area (Å²) in [5.41, 5.74) is 2.86. The quantitative estimate of drug-likeness (QED) is 0.332. The van der Waals surface area contributed by atoms with Gasteiger partial charge in [-0.05, 0) is 30.0 Å². The van der Waals surface area contributed by atoms with Gasteiger partial charge in [-0.25, -0.2) is 4.98 Å². The van der Waals surface area contributed by atoms with Gasteiger partial charge in [0.05, 0.1) is 24.4 Å². The number of hydrogen-bond acceptors (Lipinski definition) is 4. The molecule has 2 aromatic carbocycles. The number of carbonyl (C=O) groups is 2. The van der Waals surface area contributed by atoms with Crippen molar-refractivity contribution in [3.63, 3.8) is 0 Å². The van der Waals surface area contributed by atoms with Crippen molar-refractivity contribution in [3.05, 3.63) is 78.1 Å². The molecule has 33 heavy (non-hydrogen) atoms. The summed E-state index contributed by atoms with van der Waals surface area (Å²) in [5.74, 6) is -0.578. The number of hydrogen-bond donors (Lipinski definition) is 4. The summed E-state index contributed by atoms with van der Waals surface area (Å²) in [6.07, 6.45) is 2.10. The number of H-pyrrole nitrogens is 1. The van der Waals surface area contributed by atoms with Crippen molar-refractivity contribution >= 4 is 33.6 Å². The highest BCUT2D eigenvalue weighted by Gasteiger charge is 2.25. The van der Waals surface area contributed by atoms with Gasteiger partial charge in [-0.1, -0.05) is 62.4 Å². The molecule has 0 fully saturated rings. The molecule has 0 aliphatic heterocycles.